The normalized spacial score (nSPS) is 12.1. The third-order valence-electron chi connectivity index (χ3n) is 3.65. The van der Waals surface area contributed by atoms with Crippen LogP contribution < -0.4 is 0 Å². The Morgan fingerprint density at radius 2 is 1.78 bits per heavy atom. The predicted molar refractivity (Wildman–Crippen MR) is 94.9 cm³/mol. The standard InChI is InChI=1S/C19H22F3N3O2/c1-12(10-18(2,3)4)11-25(5)16(26)14-8-6-13(7-9-14)15-23-17(27-24-15)19(20,21)22/h6-9H,1,10-11H2,2-5H3. The van der Waals surface area contributed by atoms with Crippen LogP contribution in [0, 0.1) is 5.41 Å². The van der Waals surface area contributed by atoms with Crippen LogP contribution in [0.15, 0.2) is 40.9 Å². The van der Waals surface area contributed by atoms with Crippen molar-refractivity contribution in [2.45, 2.75) is 33.4 Å². The highest BCUT2D eigenvalue weighted by Gasteiger charge is 2.38. The molecule has 0 saturated heterocycles. The van der Waals surface area contributed by atoms with Crippen molar-refractivity contribution < 1.29 is 22.5 Å². The van der Waals surface area contributed by atoms with Crippen LogP contribution in [-0.4, -0.2) is 34.5 Å². The second-order valence-corrected chi connectivity index (χ2v) is 7.65. The number of benzene rings is 1. The maximum absolute atomic E-state index is 12.5. The molecule has 0 aliphatic heterocycles. The Bertz CT molecular complexity index is 818. The summed E-state index contributed by atoms with van der Waals surface area (Å²) in [5, 5.41) is 3.32. The Morgan fingerprint density at radius 1 is 1.19 bits per heavy atom. The Kier molecular flexibility index (Phi) is 5.77. The van der Waals surface area contributed by atoms with E-state index in [2.05, 4.69) is 42.0 Å². The highest BCUT2D eigenvalue weighted by atomic mass is 19.4. The summed E-state index contributed by atoms with van der Waals surface area (Å²) < 4.78 is 41.8. The molecule has 0 fully saturated rings. The van der Waals surface area contributed by atoms with Crippen molar-refractivity contribution in [3.63, 3.8) is 0 Å². The topological polar surface area (TPSA) is 59.2 Å². The van der Waals surface area contributed by atoms with Gasteiger partial charge in [0.25, 0.3) is 5.91 Å². The number of amides is 1. The van der Waals surface area contributed by atoms with Crippen molar-refractivity contribution in [3.05, 3.63) is 47.9 Å². The smallest absolute Gasteiger partial charge is 0.338 e. The molecule has 2 rings (SSSR count). The molecule has 0 spiro atoms. The van der Waals surface area contributed by atoms with E-state index < -0.39 is 12.1 Å². The first-order valence-electron chi connectivity index (χ1n) is 8.30. The maximum Gasteiger partial charge on any atom is 0.471 e. The van der Waals surface area contributed by atoms with E-state index in [-0.39, 0.29) is 17.1 Å². The summed E-state index contributed by atoms with van der Waals surface area (Å²) in [7, 11) is 1.68. The average molecular weight is 381 g/mol. The number of carbonyl (C=O) groups excluding carboxylic acids is 1. The predicted octanol–water partition coefficient (Wildman–Crippen LogP) is 4.82. The van der Waals surface area contributed by atoms with Gasteiger partial charge < -0.3 is 9.42 Å². The van der Waals surface area contributed by atoms with E-state index in [1.807, 2.05) is 0 Å². The zero-order valence-electron chi connectivity index (χ0n) is 15.7. The first-order chi connectivity index (χ1) is 12.4. The largest absolute Gasteiger partial charge is 0.471 e. The van der Waals surface area contributed by atoms with Gasteiger partial charge in [0.05, 0.1) is 0 Å². The van der Waals surface area contributed by atoms with Crippen molar-refractivity contribution in [2.75, 3.05) is 13.6 Å². The van der Waals surface area contributed by atoms with Gasteiger partial charge in [-0.05, 0) is 24.0 Å². The second-order valence-electron chi connectivity index (χ2n) is 7.65. The minimum absolute atomic E-state index is 0.0858. The van der Waals surface area contributed by atoms with Crippen LogP contribution in [0.3, 0.4) is 0 Å². The van der Waals surface area contributed by atoms with Crippen LogP contribution in [0.2, 0.25) is 0 Å². The SMILES string of the molecule is C=C(CN(C)C(=O)c1ccc(-c2noc(C(F)(F)F)n2)cc1)CC(C)(C)C. The summed E-state index contributed by atoms with van der Waals surface area (Å²) in [6, 6.07) is 6.00. The van der Waals surface area contributed by atoms with Gasteiger partial charge in [-0.25, -0.2) is 0 Å². The Labute approximate surface area is 155 Å². The van der Waals surface area contributed by atoms with Crippen LogP contribution in [-0.2, 0) is 6.18 Å². The van der Waals surface area contributed by atoms with E-state index in [9.17, 15) is 18.0 Å². The molecule has 1 heterocycles. The summed E-state index contributed by atoms with van der Waals surface area (Å²) in [4.78, 5) is 17.4. The van der Waals surface area contributed by atoms with Crippen molar-refractivity contribution in [1.82, 2.24) is 15.0 Å². The number of hydrogen-bond donors (Lipinski definition) is 0. The molecule has 0 radical (unpaired) electrons. The van der Waals surface area contributed by atoms with Gasteiger partial charge in [-0.15, -0.1) is 0 Å². The third kappa shape index (κ3) is 5.67. The number of aromatic nitrogens is 2. The maximum atomic E-state index is 12.5. The van der Waals surface area contributed by atoms with Crippen LogP contribution >= 0.6 is 0 Å². The van der Waals surface area contributed by atoms with Crippen molar-refractivity contribution in [2.24, 2.45) is 5.41 Å². The summed E-state index contributed by atoms with van der Waals surface area (Å²) in [5.74, 6) is -1.80. The number of likely N-dealkylation sites (N-methyl/N-ethyl adjacent to an activating group) is 1. The number of rotatable bonds is 5. The summed E-state index contributed by atoms with van der Waals surface area (Å²) in [6.07, 6.45) is -3.90. The van der Waals surface area contributed by atoms with Gasteiger partial charge in [0.15, 0.2) is 0 Å². The molecule has 0 aliphatic carbocycles. The molecule has 0 N–H and O–H groups in total. The molecule has 1 amide bonds. The molecule has 2 aromatic rings. The lowest BCUT2D eigenvalue weighted by atomic mass is 9.88. The van der Waals surface area contributed by atoms with Crippen molar-refractivity contribution in [3.8, 4) is 11.4 Å². The van der Waals surface area contributed by atoms with Gasteiger partial charge in [-0.3, -0.25) is 4.79 Å². The molecular formula is C19H22F3N3O2. The first kappa shape index (κ1) is 20.7. The number of nitrogens with zero attached hydrogens (tertiary/aromatic N) is 3. The molecule has 1 aromatic carbocycles. The van der Waals surface area contributed by atoms with Gasteiger partial charge in [0.2, 0.25) is 5.82 Å². The quantitative estimate of drug-likeness (QED) is 0.697. The molecule has 0 unspecified atom stereocenters. The molecule has 0 bridgehead atoms. The molecule has 1 aromatic heterocycles. The number of hydrogen-bond acceptors (Lipinski definition) is 4. The fraction of sp³-hybridized carbons (Fsp3) is 0.421. The van der Waals surface area contributed by atoms with Gasteiger partial charge >= 0.3 is 12.1 Å². The van der Waals surface area contributed by atoms with E-state index >= 15 is 0 Å². The minimum Gasteiger partial charge on any atom is -0.338 e. The molecule has 5 nitrogen and oxygen atoms in total. The molecule has 8 heteroatoms. The van der Waals surface area contributed by atoms with Crippen LogP contribution in [0.25, 0.3) is 11.4 Å². The lowest BCUT2D eigenvalue weighted by molar-refractivity contribution is -0.159. The van der Waals surface area contributed by atoms with E-state index in [1.54, 1.807) is 11.9 Å². The monoisotopic (exact) mass is 381 g/mol. The number of carbonyl (C=O) groups is 1. The molecule has 27 heavy (non-hydrogen) atoms. The molecular weight excluding hydrogens is 359 g/mol. The fourth-order valence-electron chi connectivity index (χ4n) is 2.65. The molecule has 0 saturated carbocycles. The summed E-state index contributed by atoms with van der Waals surface area (Å²) >= 11 is 0. The lowest BCUT2D eigenvalue weighted by Gasteiger charge is -2.24. The van der Waals surface area contributed by atoms with Crippen molar-refractivity contribution in [1.29, 1.82) is 0 Å². The van der Waals surface area contributed by atoms with Crippen LogP contribution in [0.5, 0.6) is 0 Å². The van der Waals surface area contributed by atoms with E-state index in [1.165, 1.54) is 24.3 Å². The van der Waals surface area contributed by atoms with Gasteiger partial charge in [0, 0.05) is 24.7 Å². The highest BCUT2D eigenvalue weighted by Crippen LogP contribution is 2.29. The Hall–Kier alpha value is -2.64. The molecule has 0 aliphatic rings. The highest BCUT2D eigenvalue weighted by molar-refractivity contribution is 5.94. The fourth-order valence-corrected chi connectivity index (χ4v) is 2.65. The lowest BCUT2D eigenvalue weighted by Crippen LogP contribution is -2.29. The Balaban J connectivity index is 2.07. The average Bonchev–Trinajstić information content (AvgIpc) is 3.02. The van der Waals surface area contributed by atoms with Crippen LogP contribution in [0.4, 0.5) is 13.2 Å². The van der Waals surface area contributed by atoms with Gasteiger partial charge in [-0.1, -0.05) is 50.2 Å². The summed E-state index contributed by atoms with van der Waals surface area (Å²) in [5.41, 5.74) is 1.76. The second kappa shape index (κ2) is 7.54. The van der Waals surface area contributed by atoms with E-state index in [0.29, 0.717) is 17.7 Å². The molecule has 146 valence electrons. The first-order valence-corrected chi connectivity index (χ1v) is 8.30. The number of halogens is 3. The zero-order chi connectivity index (χ0) is 20.4. The molecule has 0 atom stereocenters. The van der Waals surface area contributed by atoms with Gasteiger partial charge in [-0.2, -0.15) is 18.2 Å². The number of alkyl halides is 3. The Morgan fingerprint density at radius 3 is 2.26 bits per heavy atom. The van der Waals surface area contributed by atoms with Crippen LogP contribution in [0.1, 0.15) is 43.4 Å². The van der Waals surface area contributed by atoms with E-state index in [0.717, 1.165) is 12.0 Å². The van der Waals surface area contributed by atoms with Crippen molar-refractivity contribution >= 4 is 5.91 Å². The van der Waals surface area contributed by atoms with Gasteiger partial charge in [0.1, 0.15) is 0 Å². The zero-order valence-corrected chi connectivity index (χ0v) is 15.7. The summed E-state index contributed by atoms with van der Waals surface area (Å²) in [6.45, 7) is 10.7. The van der Waals surface area contributed by atoms with E-state index in [4.69, 9.17) is 0 Å². The minimum atomic E-state index is -4.70. The third-order valence-corrected chi connectivity index (χ3v) is 3.65.